The lowest BCUT2D eigenvalue weighted by Crippen LogP contribution is -2.00. The van der Waals surface area contributed by atoms with Gasteiger partial charge in [0, 0.05) is 5.56 Å². The van der Waals surface area contributed by atoms with Crippen LogP contribution in [0.4, 0.5) is 0 Å². The van der Waals surface area contributed by atoms with E-state index in [1.807, 2.05) is 0 Å². The van der Waals surface area contributed by atoms with Crippen molar-refractivity contribution in [2.24, 2.45) is 0 Å². The second-order valence-electron chi connectivity index (χ2n) is 5.00. The van der Waals surface area contributed by atoms with E-state index >= 15 is 0 Å². The predicted octanol–water partition coefficient (Wildman–Crippen LogP) is 4.64. The molecule has 3 nitrogen and oxygen atoms in total. The topological polar surface area (TPSA) is 35.5 Å². The van der Waals surface area contributed by atoms with Gasteiger partial charge in [0.05, 0.1) is 13.7 Å². The van der Waals surface area contributed by atoms with Crippen LogP contribution in [0.2, 0.25) is 0 Å². The molecule has 0 spiro atoms. The number of benzene rings is 1. The molecule has 0 aliphatic carbocycles. The third-order valence-corrected chi connectivity index (χ3v) is 3.33. The largest absolute Gasteiger partial charge is 0.493 e. The van der Waals surface area contributed by atoms with Crippen LogP contribution in [-0.4, -0.2) is 20.0 Å². The molecular formula is C17H26O3. The molecule has 0 aliphatic rings. The highest BCUT2D eigenvalue weighted by atomic mass is 16.5. The first-order valence-electron chi connectivity index (χ1n) is 7.57. The van der Waals surface area contributed by atoms with Gasteiger partial charge in [-0.1, -0.05) is 45.4 Å². The van der Waals surface area contributed by atoms with Gasteiger partial charge in [0.15, 0.2) is 11.5 Å². The van der Waals surface area contributed by atoms with E-state index in [9.17, 15) is 4.79 Å². The van der Waals surface area contributed by atoms with E-state index in [1.165, 1.54) is 38.5 Å². The molecule has 0 saturated carbocycles. The third kappa shape index (κ3) is 6.09. The minimum absolute atomic E-state index is 0.602. The van der Waals surface area contributed by atoms with Crippen LogP contribution in [0.1, 0.15) is 62.2 Å². The Morgan fingerprint density at radius 2 is 1.70 bits per heavy atom. The molecule has 0 heterocycles. The number of carbonyl (C=O) groups excluding carboxylic acids is 1. The van der Waals surface area contributed by atoms with Crippen molar-refractivity contribution in [1.82, 2.24) is 0 Å². The first-order valence-corrected chi connectivity index (χ1v) is 7.57. The molecular weight excluding hydrogens is 252 g/mol. The van der Waals surface area contributed by atoms with Gasteiger partial charge in [0.25, 0.3) is 0 Å². The molecule has 0 amide bonds. The summed E-state index contributed by atoms with van der Waals surface area (Å²) in [7, 11) is 1.59. The predicted molar refractivity (Wildman–Crippen MR) is 81.9 cm³/mol. The van der Waals surface area contributed by atoms with Crippen molar-refractivity contribution >= 4 is 6.29 Å². The van der Waals surface area contributed by atoms with E-state index in [2.05, 4.69) is 6.92 Å². The van der Waals surface area contributed by atoms with Crippen LogP contribution in [0.15, 0.2) is 18.2 Å². The van der Waals surface area contributed by atoms with E-state index in [1.54, 1.807) is 25.3 Å². The first kappa shape index (κ1) is 16.5. The molecule has 0 saturated heterocycles. The average Bonchev–Trinajstić information content (AvgIpc) is 2.50. The van der Waals surface area contributed by atoms with Gasteiger partial charge < -0.3 is 9.47 Å². The van der Waals surface area contributed by atoms with Gasteiger partial charge in [-0.25, -0.2) is 0 Å². The van der Waals surface area contributed by atoms with Crippen LogP contribution in [0.25, 0.3) is 0 Å². The standard InChI is InChI=1S/C17H26O3/c1-3-4-5-6-7-8-9-12-20-16-11-10-15(14-18)13-17(16)19-2/h10-11,13-14H,3-9,12H2,1-2H3. The first-order chi connectivity index (χ1) is 9.81. The zero-order valence-corrected chi connectivity index (χ0v) is 12.7. The van der Waals surface area contributed by atoms with Crippen molar-refractivity contribution in [3.05, 3.63) is 23.8 Å². The number of rotatable bonds is 11. The number of ether oxygens (including phenoxy) is 2. The highest BCUT2D eigenvalue weighted by Gasteiger charge is 2.05. The number of aldehydes is 1. The molecule has 20 heavy (non-hydrogen) atoms. The van der Waals surface area contributed by atoms with Crippen molar-refractivity contribution in [2.45, 2.75) is 51.9 Å². The molecule has 112 valence electrons. The molecule has 1 aromatic carbocycles. The van der Waals surface area contributed by atoms with Gasteiger partial charge in [0.2, 0.25) is 0 Å². The lowest BCUT2D eigenvalue weighted by molar-refractivity contribution is 0.112. The summed E-state index contributed by atoms with van der Waals surface area (Å²) in [6.07, 6.45) is 9.66. The average molecular weight is 278 g/mol. The Balaban J connectivity index is 2.23. The SMILES string of the molecule is CCCCCCCCCOc1ccc(C=O)cc1OC. The molecule has 0 aromatic heterocycles. The van der Waals surface area contributed by atoms with Crippen LogP contribution in [0.5, 0.6) is 11.5 Å². The molecule has 1 aromatic rings. The van der Waals surface area contributed by atoms with Gasteiger partial charge in [0.1, 0.15) is 6.29 Å². The molecule has 0 unspecified atom stereocenters. The lowest BCUT2D eigenvalue weighted by Gasteiger charge is -2.10. The molecule has 3 heteroatoms. The van der Waals surface area contributed by atoms with Gasteiger partial charge >= 0.3 is 0 Å². The zero-order valence-electron chi connectivity index (χ0n) is 12.7. The lowest BCUT2D eigenvalue weighted by atomic mass is 10.1. The van der Waals surface area contributed by atoms with Crippen molar-refractivity contribution in [1.29, 1.82) is 0 Å². The minimum atomic E-state index is 0.602. The second-order valence-corrected chi connectivity index (χ2v) is 5.00. The summed E-state index contributed by atoms with van der Waals surface area (Å²) in [5.74, 6) is 1.33. The summed E-state index contributed by atoms with van der Waals surface area (Å²) in [6, 6.07) is 5.24. The van der Waals surface area contributed by atoms with Crippen molar-refractivity contribution in [3.63, 3.8) is 0 Å². The van der Waals surface area contributed by atoms with Crippen molar-refractivity contribution < 1.29 is 14.3 Å². The van der Waals surface area contributed by atoms with Crippen LogP contribution in [0, 0.1) is 0 Å². The molecule has 0 bridgehead atoms. The van der Waals surface area contributed by atoms with Gasteiger partial charge in [-0.05, 0) is 24.6 Å². The Morgan fingerprint density at radius 3 is 2.35 bits per heavy atom. The summed E-state index contributed by atoms with van der Waals surface area (Å²) in [4.78, 5) is 10.7. The summed E-state index contributed by atoms with van der Waals surface area (Å²) >= 11 is 0. The maximum Gasteiger partial charge on any atom is 0.161 e. The van der Waals surface area contributed by atoms with Crippen molar-refractivity contribution in [2.75, 3.05) is 13.7 Å². The fourth-order valence-electron chi connectivity index (χ4n) is 2.12. The highest BCUT2D eigenvalue weighted by Crippen LogP contribution is 2.27. The number of carbonyl (C=O) groups is 1. The maximum atomic E-state index is 10.7. The minimum Gasteiger partial charge on any atom is -0.493 e. The number of hydrogen-bond donors (Lipinski definition) is 0. The Labute approximate surface area is 122 Å². The number of hydrogen-bond acceptors (Lipinski definition) is 3. The second kappa shape index (κ2) is 10.3. The quantitative estimate of drug-likeness (QED) is 0.437. The van der Waals surface area contributed by atoms with Gasteiger partial charge in [-0.15, -0.1) is 0 Å². The Bertz CT molecular complexity index is 388. The summed E-state index contributed by atoms with van der Waals surface area (Å²) in [5, 5.41) is 0. The van der Waals surface area contributed by atoms with Gasteiger partial charge in [-0.3, -0.25) is 4.79 Å². The third-order valence-electron chi connectivity index (χ3n) is 3.33. The van der Waals surface area contributed by atoms with E-state index in [4.69, 9.17) is 9.47 Å². The van der Waals surface area contributed by atoms with Crippen LogP contribution < -0.4 is 9.47 Å². The van der Waals surface area contributed by atoms with Crippen LogP contribution in [-0.2, 0) is 0 Å². The molecule has 0 N–H and O–H groups in total. The monoisotopic (exact) mass is 278 g/mol. The van der Waals surface area contributed by atoms with Gasteiger partial charge in [-0.2, -0.15) is 0 Å². The van der Waals surface area contributed by atoms with Crippen LogP contribution in [0.3, 0.4) is 0 Å². The molecule has 0 radical (unpaired) electrons. The summed E-state index contributed by atoms with van der Waals surface area (Å²) < 4.78 is 10.9. The van der Waals surface area contributed by atoms with E-state index < -0.39 is 0 Å². The highest BCUT2D eigenvalue weighted by molar-refractivity contribution is 5.76. The zero-order chi connectivity index (χ0) is 14.6. The maximum absolute atomic E-state index is 10.7. The number of methoxy groups -OCH3 is 1. The summed E-state index contributed by atoms with van der Waals surface area (Å²) in [5.41, 5.74) is 0.602. The van der Waals surface area contributed by atoms with E-state index in [0.717, 1.165) is 12.7 Å². The normalized spacial score (nSPS) is 10.3. The Hall–Kier alpha value is -1.51. The summed E-state index contributed by atoms with van der Waals surface area (Å²) in [6.45, 7) is 2.93. The Morgan fingerprint density at radius 1 is 1.00 bits per heavy atom. The molecule has 0 aliphatic heterocycles. The molecule has 0 atom stereocenters. The smallest absolute Gasteiger partial charge is 0.161 e. The van der Waals surface area contributed by atoms with E-state index in [-0.39, 0.29) is 0 Å². The number of unbranched alkanes of at least 4 members (excludes halogenated alkanes) is 6. The van der Waals surface area contributed by atoms with Crippen LogP contribution >= 0.6 is 0 Å². The molecule has 1 rings (SSSR count). The fraction of sp³-hybridized carbons (Fsp3) is 0.588. The fourth-order valence-corrected chi connectivity index (χ4v) is 2.12. The Kier molecular flexibility index (Phi) is 8.52. The van der Waals surface area contributed by atoms with E-state index in [0.29, 0.717) is 23.7 Å². The molecule has 0 fully saturated rings. The van der Waals surface area contributed by atoms with Crippen molar-refractivity contribution in [3.8, 4) is 11.5 Å².